The van der Waals surface area contributed by atoms with Gasteiger partial charge in [-0.05, 0) is 18.1 Å². The molecule has 6 heteroatoms. The van der Waals surface area contributed by atoms with Gasteiger partial charge in [-0.3, -0.25) is 0 Å². The van der Waals surface area contributed by atoms with E-state index in [-0.39, 0.29) is 16.7 Å². The minimum absolute atomic E-state index is 0.00912. The third-order valence-corrected chi connectivity index (χ3v) is 4.02. The van der Waals surface area contributed by atoms with Crippen LogP contribution < -0.4 is 0 Å². The molecule has 4 nitrogen and oxygen atoms in total. The molecule has 0 aliphatic carbocycles. The van der Waals surface area contributed by atoms with Crippen LogP contribution in [0, 0.1) is 5.92 Å². The summed E-state index contributed by atoms with van der Waals surface area (Å²) in [6.07, 6.45) is 1.43. The van der Waals surface area contributed by atoms with Crippen LogP contribution in [0.25, 0.3) is 0 Å². The van der Waals surface area contributed by atoms with Gasteiger partial charge in [0.2, 0.25) is 0 Å². The number of sulfone groups is 1. The standard InChI is InChI=1S/C8H11ClN2O2S/c1-7(5-9)6-14(12,13)8-3-2-4-10-11-8/h2-4,7H,5-6H2,1H3. The Balaban J connectivity index is 2.87. The fourth-order valence-corrected chi connectivity index (χ4v) is 2.69. The molecule has 0 radical (unpaired) electrons. The summed E-state index contributed by atoms with van der Waals surface area (Å²) in [5, 5.41) is 7.09. The molecule has 1 unspecified atom stereocenters. The maximum Gasteiger partial charge on any atom is 0.197 e. The Morgan fingerprint density at radius 1 is 1.57 bits per heavy atom. The molecular formula is C8H11ClN2O2S. The molecule has 0 saturated carbocycles. The fourth-order valence-electron chi connectivity index (χ4n) is 0.958. The summed E-state index contributed by atoms with van der Waals surface area (Å²) >= 11 is 5.55. The van der Waals surface area contributed by atoms with Gasteiger partial charge >= 0.3 is 0 Å². The first-order valence-electron chi connectivity index (χ1n) is 4.12. The van der Waals surface area contributed by atoms with Crippen LogP contribution in [0.1, 0.15) is 6.92 Å². The quantitative estimate of drug-likeness (QED) is 0.733. The summed E-state index contributed by atoms with van der Waals surface area (Å²) in [4.78, 5) is 0. The van der Waals surface area contributed by atoms with E-state index in [0.29, 0.717) is 5.88 Å². The molecule has 0 aliphatic rings. The van der Waals surface area contributed by atoms with Crippen molar-refractivity contribution in [3.8, 4) is 0 Å². The Labute approximate surface area is 88.2 Å². The first-order valence-corrected chi connectivity index (χ1v) is 6.31. The van der Waals surface area contributed by atoms with Crippen molar-refractivity contribution in [1.82, 2.24) is 10.2 Å². The topological polar surface area (TPSA) is 59.9 Å². The van der Waals surface area contributed by atoms with E-state index >= 15 is 0 Å². The van der Waals surface area contributed by atoms with E-state index in [9.17, 15) is 8.42 Å². The minimum atomic E-state index is -3.33. The average molecular weight is 235 g/mol. The summed E-state index contributed by atoms with van der Waals surface area (Å²) in [7, 11) is -3.33. The number of halogens is 1. The van der Waals surface area contributed by atoms with E-state index in [2.05, 4.69) is 10.2 Å². The highest BCUT2D eigenvalue weighted by Gasteiger charge is 2.19. The maximum absolute atomic E-state index is 11.6. The molecule has 78 valence electrons. The van der Waals surface area contributed by atoms with Crippen molar-refractivity contribution >= 4 is 21.4 Å². The zero-order valence-electron chi connectivity index (χ0n) is 7.72. The van der Waals surface area contributed by atoms with Crippen LogP contribution in [-0.4, -0.2) is 30.2 Å². The predicted molar refractivity (Wildman–Crippen MR) is 54.0 cm³/mol. The van der Waals surface area contributed by atoms with Gasteiger partial charge in [0, 0.05) is 12.1 Å². The SMILES string of the molecule is CC(CCl)CS(=O)(=O)c1cccnn1. The largest absolute Gasteiger partial charge is 0.222 e. The summed E-state index contributed by atoms with van der Waals surface area (Å²) in [6.45, 7) is 1.78. The zero-order valence-corrected chi connectivity index (χ0v) is 9.29. The van der Waals surface area contributed by atoms with Gasteiger partial charge in [-0.1, -0.05) is 6.92 Å². The molecule has 1 aromatic heterocycles. The second-order valence-electron chi connectivity index (χ2n) is 3.10. The molecule has 1 atom stereocenters. The summed E-state index contributed by atoms with van der Waals surface area (Å²) in [6, 6.07) is 2.98. The highest BCUT2D eigenvalue weighted by atomic mass is 35.5. The van der Waals surface area contributed by atoms with Crippen LogP contribution >= 0.6 is 11.6 Å². The molecular weight excluding hydrogens is 224 g/mol. The van der Waals surface area contributed by atoms with Crippen LogP contribution in [0.15, 0.2) is 23.4 Å². The molecule has 1 heterocycles. The molecule has 0 amide bonds. The molecule has 0 aliphatic heterocycles. The smallest absolute Gasteiger partial charge is 0.197 e. The number of aromatic nitrogens is 2. The normalized spacial score (nSPS) is 13.9. The van der Waals surface area contributed by atoms with Crippen molar-refractivity contribution in [3.05, 3.63) is 18.3 Å². The van der Waals surface area contributed by atoms with Crippen LogP contribution in [0.2, 0.25) is 0 Å². The minimum Gasteiger partial charge on any atom is -0.222 e. The van der Waals surface area contributed by atoms with Crippen molar-refractivity contribution in [3.63, 3.8) is 0 Å². The number of rotatable bonds is 4. The molecule has 1 rings (SSSR count). The number of nitrogens with zero attached hydrogens (tertiary/aromatic N) is 2. The first-order chi connectivity index (χ1) is 6.56. The van der Waals surface area contributed by atoms with E-state index in [1.807, 2.05) is 0 Å². The van der Waals surface area contributed by atoms with E-state index < -0.39 is 9.84 Å². The van der Waals surface area contributed by atoms with Crippen molar-refractivity contribution < 1.29 is 8.42 Å². The lowest BCUT2D eigenvalue weighted by atomic mass is 10.3. The van der Waals surface area contributed by atoms with E-state index in [1.54, 1.807) is 13.0 Å². The van der Waals surface area contributed by atoms with E-state index in [1.165, 1.54) is 12.3 Å². The van der Waals surface area contributed by atoms with Crippen molar-refractivity contribution in [2.24, 2.45) is 5.92 Å². The maximum atomic E-state index is 11.6. The summed E-state index contributed by atoms with van der Waals surface area (Å²) in [5.74, 6) is 0.248. The van der Waals surface area contributed by atoms with Gasteiger partial charge in [-0.2, -0.15) is 5.10 Å². The monoisotopic (exact) mass is 234 g/mol. The summed E-state index contributed by atoms with van der Waals surface area (Å²) < 4.78 is 23.3. The number of hydrogen-bond donors (Lipinski definition) is 0. The number of hydrogen-bond acceptors (Lipinski definition) is 4. The number of alkyl halides is 1. The van der Waals surface area contributed by atoms with Gasteiger partial charge in [-0.25, -0.2) is 8.42 Å². The lowest BCUT2D eigenvalue weighted by Crippen LogP contribution is -2.16. The Kier molecular flexibility index (Phi) is 3.83. The van der Waals surface area contributed by atoms with Crippen LogP contribution in [0.3, 0.4) is 0 Å². The predicted octanol–water partition coefficient (Wildman–Crippen LogP) is 1.13. The molecule has 0 aromatic carbocycles. The van der Waals surface area contributed by atoms with Gasteiger partial charge in [0.05, 0.1) is 5.75 Å². The summed E-state index contributed by atoms with van der Waals surface area (Å²) in [5.41, 5.74) is 0. The third kappa shape index (κ3) is 2.92. The lowest BCUT2D eigenvalue weighted by Gasteiger charge is -2.06. The highest BCUT2D eigenvalue weighted by molar-refractivity contribution is 7.91. The highest BCUT2D eigenvalue weighted by Crippen LogP contribution is 2.11. The fraction of sp³-hybridized carbons (Fsp3) is 0.500. The van der Waals surface area contributed by atoms with Crippen LogP contribution in [-0.2, 0) is 9.84 Å². The Morgan fingerprint density at radius 3 is 2.79 bits per heavy atom. The van der Waals surface area contributed by atoms with Gasteiger partial charge in [0.1, 0.15) is 0 Å². The zero-order chi connectivity index (χ0) is 10.6. The van der Waals surface area contributed by atoms with Gasteiger partial charge in [0.15, 0.2) is 14.9 Å². The molecule has 0 saturated heterocycles. The molecule has 14 heavy (non-hydrogen) atoms. The molecule has 0 bridgehead atoms. The van der Waals surface area contributed by atoms with Crippen LogP contribution in [0.4, 0.5) is 0 Å². The second-order valence-corrected chi connectivity index (χ2v) is 5.39. The Bertz CT molecular complexity index is 380. The second kappa shape index (κ2) is 4.70. The Morgan fingerprint density at radius 2 is 2.29 bits per heavy atom. The third-order valence-electron chi connectivity index (χ3n) is 1.63. The van der Waals surface area contributed by atoms with Gasteiger partial charge < -0.3 is 0 Å². The van der Waals surface area contributed by atoms with Gasteiger partial charge in [-0.15, -0.1) is 16.7 Å². The molecule has 1 aromatic rings. The van der Waals surface area contributed by atoms with Crippen molar-refractivity contribution in [2.45, 2.75) is 11.9 Å². The van der Waals surface area contributed by atoms with Crippen molar-refractivity contribution in [2.75, 3.05) is 11.6 Å². The van der Waals surface area contributed by atoms with E-state index in [0.717, 1.165) is 0 Å². The van der Waals surface area contributed by atoms with E-state index in [4.69, 9.17) is 11.6 Å². The molecule has 0 spiro atoms. The molecule has 0 fully saturated rings. The Hall–Kier alpha value is -0.680. The first kappa shape index (κ1) is 11.4. The molecule has 0 N–H and O–H groups in total. The van der Waals surface area contributed by atoms with Crippen LogP contribution in [0.5, 0.6) is 0 Å². The van der Waals surface area contributed by atoms with Gasteiger partial charge in [0.25, 0.3) is 0 Å². The average Bonchev–Trinajstić information content (AvgIpc) is 2.18. The van der Waals surface area contributed by atoms with Crippen molar-refractivity contribution in [1.29, 1.82) is 0 Å². The lowest BCUT2D eigenvalue weighted by molar-refractivity contribution is 0.577.